The summed E-state index contributed by atoms with van der Waals surface area (Å²) >= 11 is 2.25. The number of thiazole rings is 1. The second-order valence-corrected chi connectivity index (χ2v) is 10.7. The van der Waals surface area contributed by atoms with Crippen molar-refractivity contribution in [2.75, 3.05) is 4.90 Å². The topological polar surface area (TPSA) is 79.5 Å². The van der Waals surface area contributed by atoms with Crippen LogP contribution in [0, 0.1) is 11.7 Å². The first kappa shape index (κ1) is 22.8. The van der Waals surface area contributed by atoms with Crippen molar-refractivity contribution in [3.63, 3.8) is 0 Å². The number of hydrogen-bond acceptors (Lipinski definition) is 6. The lowest BCUT2D eigenvalue weighted by Crippen LogP contribution is -2.32. The quantitative estimate of drug-likeness (QED) is 0.378. The number of nitrogens with zero attached hydrogens (tertiary/aromatic N) is 1. The van der Waals surface area contributed by atoms with Gasteiger partial charge in [-0.1, -0.05) is 71.6 Å². The highest BCUT2D eigenvalue weighted by molar-refractivity contribution is 8.00. The van der Waals surface area contributed by atoms with Crippen LogP contribution in [0.25, 0.3) is 0 Å². The van der Waals surface area contributed by atoms with Crippen LogP contribution < -0.4 is 14.5 Å². The first-order valence-electron chi connectivity index (χ1n) is 11.3. The molecule has 4 aromatic rings. The number of para-hydroxylation sites is 1. The zero-order valence-electron chi connectivity index (χ0n) is 18.7. The Morgan fingerprint density at radius 2 is 1.61 bits per heavy atom. The molecule has 9 heteroatoms. The number of benzene rings is 3. The van der Waals surface area contributed by atoms with Gasteiger partial charge in [0.15, 0.2) is 0 Å². The van der Waals surface area contributed by atoms with E-state index < -0.39 is 22.9 Å². The van der Waals surface area contributed by atoms with Crippen molar-refractivity contribution < 1.29 is 18.7 Å². The maximum absolute atomic E-state index is 13.8. The third-order valence-corrected chi connectivity index (χ3v) is 8.80. The molecule has 1 fully saturated rings. The van der Waals surface area contributed by atoms with Crippen LogP contribution in [-0.2, 0) is 16.2 Å². The van der Waals surface area contributed by atoms with Crippen LogP contribution in [0.15, 0.2) is 88.7 Å². The van der Waals surface area contributed by atoms with Gasteiger partial charge in [0.25, 0.3) is 0 Å². The molecule has 1 saturated heterocycles. The number of rotatable bonds is 5. The van der Waals surface area contributed by atoms with Gasteiger partial charge in [0.1, 0.15) is 23.4 Å². The first-order valence-corrected chi connectivity index (χ1v) is 13.0. The largest absolute Gasteiger partial charge is 0.489 e. The van der Waals surface area contributed by atoms with Gasteiger partial charge in [-0.2, -0.15) is 0 Å². The third-order valence-electron chi connectivity index (χ3n) is 6.40. The summed E-state index contributed by atoms with van der Waals surface area (Å²) in [6, 6.07) is 22.5. The van der Waals surface area contributed by atoms with Crippen molar-refractivity contribution in [2.24, 2.45) is 5.92 Å². The predicted molar refractivity (Wildman–Crippen MR) is 136 cm³/mol. The number of carbonyl (C=O) groups excluding carboxylic acids is 2. The zero-order chi connectivity index (χ0) is 24.8. The Hall–Kier alpha value is -3.69. The molecule has 2 aliphatic rings. The van der Waals surface area contributed by atoms with Gasteiger partial charge >= 0.3 is 4.87 Å². The molecule has 1 aromatic heterocycles. The molecule has 0 spiro atoms. The Kier molecular flexibility index (Phi) is 5.73. The highest BCUT2D eigenvalue weighted by atomic mass is 32.2. The molecule has 3 aromatic carbocycles. The molecular formula is C27H19FN2O4S2. The maximum Gasteiger partial charge on any atom is 0.305 e. The molecule has 36 heavy (non-hydrogen) atoms. The normalized spacial score (nSPS) is 20.8. The van der Waals surface area contributed by atoms with E-state index in [0.717, 1.165) is 27.4 Å². The summed E-state index contributed by atoms with van der Waals surface area (Å²) in [5.74, 6) is -1.92. The molecule has 0 bridgehead atoms. The van der Waals surface area contributed by atoms with Gasteiger partial charge in [-0.25, -0.2) is 9.29 Å². The molecule has 2 unspecified atom stereocenters. The molecule has 6 rings (SSSR count). The van der Waals surface area contributed by atoms with E-state index in [1.165, 1.54) is 36.0 Å². The highest BCUT2D eigenvalue weighted by Gasteiger charge is 2.56. The summed E-state index contributed by atoms with van der Waals surface area (Å²) in [5, 5.41) is -0.135. The number of fused-ring (bicyclic) bond motifs is 2. The summed E-state index contributed by atoms with van der Waals surface area (Å²) in [6.45, 7) is 0.332. The predicted octanol–water partition coefficient (Wildman–Crippen LogP) is 4.95. The molecule has 3 heterocycles. The van der Waals surface area contributed by atoms with Crippen molar-refractivity contribution in [3.05, 3.63) is 110 Å². The molecule has 0 aliphatic carbocycles. The minimum atomic E-state index is -0.743. The molecule has 2 amide bonds. The van der Waals surface area contributed by atoms with Gasteiger partial charge < -0.3 is 9.72 Å². The summed E-state index contributed by atoms with van der Waals surface area (Å²) in [7, 11) is 0. The average molecular weight is 519 g/mol. The number of H-pyrrole nitrogens is 1. The van der Waals surface area contributed by atoms with Gasteiger partial charge in [-0.3, -0.25) is 14.4 Å². The number of thioether (sulfide) groups is 1. The van der Waals surface area contributed by atoms with Gasteiger partial charge in [0.05, 0.1) is 16.6 Å². The molecule has 6 nitrogen and oxygen atoms in total. The Labute approximate surface area is 213 Å². The highest BCUT2D eigenvalue weighted by Crippen LogP contribution is 2.54. The lowest BCUT2D eigenvalue weighted by atomic mass is 9.82. The van der Waals surface area contributed by atoms with Crippen molar-refractivity contribution in [2.45, 2.75) is 22.8 Å². The Bertz CT molecular complexity index is 1520. The fraction of sp³-hybridized carbons (Fsp3) is 0.148. The van der Waals surface area contributed by atoms with E-state index in [1.807, 2.05) is 54.6 Å². The van der Waals surface area contributed by atoms with E-state index in [0.29, 0.717) is 27.9 Å². The van der Waals surface area contributed by atoms with E-state index in [9.17, 15) is 18.8 Å². The Morgan fingerprint density at radius 3 is 2.39 bits per heavy atom. The van der Waals surface area contributed by atoms with Crippen LogP contribution >= 0.6 is 23.1 Å². The van der Waals surface area contributed by atoms with Crippen LogP contribution in [0.3, 0.4) is 0 Å². The second-order valence-electron chi connectivity index (χ2n) is 8.55. The van der Waals surface area contributed by atoms with Crippen LogP contribution in [0.5, 0.6) is 5.75 Å². The Balaban J connectivity index is 1.43. The number of aromatic nitrogens is 1. The van der Waals surface area contributed by atoms with Crippen molar-refractivity contribution in [3.8, 4) is 5.75 Å². The van der Waals surface area contributed by atoms with Crippen molar-refractivity contribution in [1.29, 1.82) is 0 Å². The molecule has 0 radical (unpaired) electrons. The van der Waals surface area contributed by atoms with E-state index in [-0.39, 0.29) is 16.7 Å². The summed E-state index contributed by atoms with van der Waals surface area (Å²) < 4.78 is 19.7. The third kappa shape index (κ3) is 3.84. The Morgan fingerprint density at radius 1 is 0.889 bits per heavy atom. The van der Waals surface area contributed by atoms with Crippen LogP contribution in [0.2, 0.25) is 0 Å². The van der Waals surface area contributed by atoms with Crippen LogP contribution in [-0.4, -0.2) is 22.0 Å². The van der Waals surface area contributed by atoms with Gasteiger partial charge in [-0.15, -0.1) is 0 Å². The summed E-state index contributed by atoms with van der Waals surface area (Å²) in [6.07, 6.45) is 0. The monoisotopic (exact) mass is 518 g/mol. The SMILES string of the molecule is O=C1C2Sc3[nH]c(=O)sc3[C@H](c3ccccc3OCc3ccccc3)C2C(=O)N1c1ccc(F)cc1. The number of halogens is 1. The molecule has 180 valence electrons. The van der Waals surface area contributed by atoms with Gasteiger partial charge in [0.2, 0.25) is 11.8 Å². The maximum atomic E-state index is 13.8. The molecular weight excluding hydrogens is 499 g/mol. The number of amides is 2. The minimum Gasteiger partial charge on any atom is -0.489 e. The fourth-order valence-corrected chi connectivity index (χ4v) is 7.31. The average Bonchev–Trinajstić information content (AvgIpc) is 3.38. The number of aromatic amines is 1. The van der Waals surface area contributed by atoms with E-state index in [1.54, 1.807) is 0 Å². The first-order chi connectivity index (χ1) is 17.5. The number of imide groups is 1. The molecule has 1 N–H and O–H groups in total. The standard InChI is InChI=1S/C27H19FN2O4S2/c28-16-10-12-17(13-11-16)30-25(31)21-20(22-24(29-27(33)36-22)35-23(21)26(30)32)18-8-4-5-9-19(18)34-14-15-6-2-1-3-7-15/h1-13,20-21,23H,14H2,(H,29,33)/t20-,21?,23?/m1/s1. The van der Waals surface area contributed by atoms with E-state index in [2.05, 4.69) is 4.98 Å². The lowest BCUT2D eigenvalue weighted by Gasteiger charge is -2.30. The van der Waals surface area contributed by atoms with Crippen molar-refractivity contribution >= 4 is 40.6 Å². The summed E-state index contributed by atoms with van der Waals surface area (Å²) in [5.41, 5.74) is 2.05. The van der Waals surface area contributed by atoms with Gasteiger partial charge in [-0.05, 0) is 35.9 Å². The fourth-order valence-electron chi connectivity index (χ4n) is 4.80. The van der Waals surface area contributed by atoms with Crippen molar-refractivity contribution in [1.82, 2.24) is 4.98 Å². The lowest BCUT2D eigenvalue weighted by molar-refractivity contribution is -0.122. The summed E-state index contributed by atoms with van der Waals surface area (Å²) in [4.78, 5) is 44.1. The second kappa shape index (κ2) is 9.07. The smallest absolute Gasteiger partial charge is 0.305 e. The van der Waals surface area contributed by atoms with Crippen LogP contribution in [0.4, 0.5) is 10.1 Å². The van der Waals surface area contributed by atoms with E-state index in [4.69, 9.17) is 4.74 Å². The number of hydrogen-bond donors (Lipinski definition) is 1. The molecule has 3 atom stereocenters. The molecule has 0 saturated carbocycles. The number of carbonyl (C=O) groups is 2. The number of anilines is 1. The van der Waals surface area contributed by atoms with Crippen LogP contribution in [0.1, 0.15) is 21.9 Å². The van der Waals surface area contributed by atoms with E-state index >= 15 is 0 Å². The molecule has 2 aliphatic heterocycles. The minimum absolute atomic E-state index is 0.240. The number of ether oxygens (including phenoxy) is 1. The number of nitrogens with one attached hydrogen (secondary N) is 1. The van der Waals surface area contributed by atoms with Gasteiger partial charge in [0, 0.05) is 16.4 Å². The zero-order valence-corrected chi connectivity index (χ0v) is 20.4.